The fourth-order valence-corrected chi connectivity index (χ4v) is 2.06. The second-order valence-corrected chi connectivity index (χ2v) is 4.31. The van der Waals surface area contributed by atoms with E-state index in [0.717, 1.165) is 5.69 Å². The molecule has 0 saturated heterocycles. The van der Waals surface area contributed by atoms with Crippen molar-refractivity contribution in [3.63, 3.8) is 0 Å². The minimum atomic E-state index is -0.0000926. The van der Waals surface area contributed by atoms with Crippen molar-refractivity contribution in [1.82, 2.24) is 15.1 Å². The van der Waals surface area contributed by atoms with E-state index in [4.69, 9.17) is 0 Å². The summed E-state index contributed by atoms with van der Waals surface area (Å²) in [6.45, 7) is 0.388. The summed E-state index contributed by atoms with van der Waals surface area (Å²) in [7, 11) is 1.83. The van der Waals surface area contributed by atoms with Gasteiger partial charge in [0.15, 0.2) is 0 Å². The first-order chi connectivity index (χ1) is 7.74. The molecule has 2 rings (SSSR count). The summed E-state index contributed by atoms with van der Waals surface area (Å²) in [6.07, 6.45) is 8.38. The Morgan fingerprint density at radius 1 is 1.56 bits per heavy atom. The van der Waals surface area contributed by atoms with Crippen LogP contribution in [0.1, 0.15) is 25.7 Å². The van der Waals surface area contributed by atoms with Crippen LogP contribution < -0.4 is 10.6 Å². The number of hydrogen-bond donors (Lipinski definition) is 2. The number of aromatic nitrogens is 2. The fourth-order valence-electron chi connectivity index (χ4n) is 2.06. The van der Waals surface area contributed by atoms with E-state index in [0.29, 0.717) is 12.6 Å². The quantitative estimate of drug-likeness (QED) is 0.795. The highest BCUT2D eigenvalue weighted by molar-refractivity contribution is 5.91. The predicted molar refractivity (Wildman–Crippen MR) is 62.1 cm³/mol. The molecule has 1 aromatic heterocycles. The second-order valence-electron chi connectivity index (χ2n) is 4.31. The number of hydrogen-bond acceptors (Lipinski definition) is 3. The van der Waals surface area contributed by atoms with Crippen LogP contribution >= 0.6 is 0 Å². The van der Waals surface area contributed by atoms with Crippen LogP contribution in [0.4, 0.5) is 5.69 Å². The van der Waals surface area contributed by atoms with E-state index in [1.165, 1.54) is 25.7 Å². The van der Waals surface area contributed by atoms with Crippen LogP contribution in [0.5, 0.6) is 0 Å². The molecule has 0 aromatic carbocycles. The minimum absolute atomic E-state index is 0.0000926. The first-order valence-electron chi connectivity index (χ1n) is 5.76. The average Bonchev–Trinajstić information content (AvgIpc) is 2.87. The lowest BCUT2D eigenvalue weighted by molar-refractivity contribution is -0.115. The van der Waals surface area contributed by atoms with Crippen molar-refractivity contribution in [3.8, 4) is 0 Å². The van der Waals surface area contributed by atoms with Crippen LogP contribution in [0.2, 0.25) is 0 Å². The molecule has 2 N–H and O–H groups in total. The van der Waals surface area contributed by atoms with E-state index in [9.17, 15) is 4.79 Å². The van der Waals surface area contributed by atoms with Crippen molar-refractivity contribution in [2.75, 3.05) is 11.9 Å². The number of carbonyl (C=O) groups excluding carboxylic acids is 1. The largest absolute Gasteiger partial charge is 0.322 e. The average molecular weight is 222 g/mol. The number of nitrogens with one attached hydrogen (secondary N) is 2. The molecule has 1 aliphatic carbocycles. The highest BCUT2D eigenvalue weighted by Crippen LogP contribution is 2.17. The SMILES string of the molecule is Cn1cc(NC(=O)CNC2CCCC2)cn1. The van der Waals surface area contributed by atoms with E-state index < -0.39 is 0 Å². The van der Waals surface area contributed by atoms with E-state index >= 15 is 0 Å². The Hall–Kier alpha value is -1.36. The molecule has 1 amide bonds. The van der Waals surface area contributed by atoms with E-state index in [2.05, 4.69) is 15.7 Å². The number of amides is 1. The molecule has 1 saturated carbocycles. The summed E-state index contributed by atoms with van der Waals surface area (Å²) >= 11 is 0. The van der Waals surface area contributed by atoms with Gasteiger partial charge >= 0.3 is 0 Å². The van der Waals surface area contributed by atoms with Gasteiger partial charge in [0.25, 0.3) is 0 Å². The molecule has 1 aliphatic rings. The lowest BCUT2D eigenvalue weighted by atomic mass is 10.2. The molecule has 1 fully saturated rings. The first kappa shape index (κ1) is 11.1. The summed E-state index contributed by atoms with van der Waals surface area (Å²) in [6, 6.07) is 0.527. The second kappa shape index (κ2) is 5.12. The topological polar surface area (TPSA) is 59.0 Å². The Kier molecular flexibility index (Phi) is 3.56. The molecule has 0 spiro atoms. The monoisotopic (exact) mass is 222 g/mol. The highest BCUT2D eigenvalue weighted by Gasteiger charge is 2.15. The van der Waals surface area contributed by atoms with Gasteiger partial charge in [-0.1, -0.05) is 12.8 Å². The fraction of sp³-hybridized carbons (Fsp3) is 0.636. The van der Waals surface area contributed by atoms with Crippen molar-refractivity contribution < 1.29 is 4.79 Å². The highest BCUT2D eigenvalue weighted by atomic mass is 16.1. The zero-order chi connectivity index (χ0) is 11.4. The maximum atomic E-state index is 11.6. The van der Waals surface area contributed by atoms with Gasteiger partial charge in [-0.25, -0.2) is 0 Å². The van der Waals surface area contributed by atoms with Crippen LogP contribution in [0.3, 0.4) is 0 Å². The summed E-state index contributed by atoms with van der Waals surface area (Å²) in [5.41, 5.74) is 0.751. The van der Waals surface area contributed by atoms with Crippen molar-refractivity contribution in [2.45, 2.75) is 31.7 Å². The molecule has 5 nitrogen and oxygen atoms in total. The molecule has 5 heteroatoms. The standard InChI is InChI=1S/C11H18N4O/c1-15-8-10(6-13-15)14-11(16)7-12-9-4-2-3-5-9/h6,8-9,12H,2-5,7H2,1H3,(H,14,16). The van der Waals surface area contributed by atoms with Gasteiger partial charge in [0.2, 0.25) is 5.91 Å². The number of rotatable bonds is 4. The van der Waals surface area contributed by atoms with Gasteiger partial charge in [-0.05, 0) is 12.8 Å². The minimum Gasteiger partial charge on any atom is -0.322 e. The Balaban J connectivity index is 1.71. The van der Waals surface area contributed by atoms with E-state index in [1.54, 1.807) is 17.1 Å². The zero-order valence-corrected chi connectivity index (χ0v) is 9.57. The van der Waals surface area contributed by atoms with Crippen LogP contribution in [0.25, 0.3) is 0 Å². The number of anilines is 1. The molecule has 0 aliphatic heterocycles. The lowest BCUT2D eigenvalue weighted by Crippen LogP contribution is -2.34. The molecular weight excluding hydrogens is 204 g/mol. The number of aryl methyl sites for hydroxylation is 1. The maximum absolute atomic E-state index is 11.6. The van der Waals surface area contributed by atoms with E-state index in [1.807, 2.05) is 7.05 Å². The molecule has 0 radical (unpaired) electrons. The Bertz CT molecular complexity index is 355. The summed E-state index contributed by atoms with van der Waals surface area (Å²) in [4.78, 5) is 11.6. The van der Waals surface area contributed by atoms with Gasteiger partial charge < -0.3 is 10.6 Å². The third-order valence-corrected chi connectivity index (χ3v) is 2.90. The molecule has 88 valence electrons. The Morgan fingerprint density at radius 2 is 2.31 bits per heavy atom. The molecule has 0 unspecified atom stereocenters. The van der Waals surface area contributed by atoms with Gasteiger partial charge in [-0.3, -0.25) is 9.48 Å². The van der Waals surface area contributed by atoms with Gasteiger partial charge in [-0.15, -0.1) is 0 Å². The van der Waals surface area contributed by atoms with Crippen molar-refractivity contribution in [3.05, 3.63) is 12.4 Å². The normalized spacial score (nSPS) is 16.6. The van der Waals surface area contributed by atoms with Crippen LogP contribution in [-0.4, -0.2) is 28.3 Å². The summed E-state index contributed by atoms with van der Waals surface area (Å²) < 4.78 is 1.67. The molecule has 0 atom stereocenters. The smallest absolute Gasteiger partial charge is 0.238 e. The Labute approximate surface area is 95.2 Å². The molecule has 1 heterocycles. The zero-order valence-electron chi connectivity index (χ0n) is 9.57. The van der Waals surface area contributed by atoms with Crippen molar-refractivity contribution >= 4 is 11.6 Å². The molecule has 0 bridgehead atoms. The molecule has 16 heavy (non-hydrogen) atoms. The summed E-state index contributed by atoms with van der Waals surface area (Å²) in [5.74, 6) is -0.0000926. The predicted octanol–water partition coefficient (Wildman–Crippen LogP) is 0.891. The van der Waals surface area contributed by atoms with Gasteiger partial charge in [0, 0.05) is 19.3 Å². The summed E-state index contributed by atoms with van der Waals surface area (Å²) in [5, 5.41) is 10.1. The van der Waals surface area contributed by atoms with Gasteiger partial charge in [0.05, 0.1) is 18.4 Å². The lowest BCUT2D eigenvalue weighted by Gasteiger charge is -2.10. The van der Waals surface area contributed by atoms with Gasteiger partial charge in [-0.2, -0.15) is 5.10 Å². The third kappa shape index (κ3) is 3.06. The third-order valence-electron chi connectivity index (χ3n) is 2.90. The molecular formula is C11H18N4O. The first-order valence-corrected chi connectivity index (χ1v) is 5.76. The van der Waals surface area contributed by atoms with Crippen molar-refractivity contribution in [2.24, 2.45) is 7.05 Å². The van der Waals surface area contributed by atoms with E-state index in [-0.39, 0.29) is 5.91 Å². The number of nitrogens with zero attached hydrogens (tertiary/aromatic N) is 2. The van der Waals surface area contributed by atoms with Crippen LogP contribution in [0.15, 0.2) is 12.4 Å². The van der Waals surface area contributed by atoms with Crippen LogP contribution in [-0.2, 0) is 11.8 Å². The Morgan fingerprint density at radius 3 is 2.94 bits per heavy atom. The number of carbonyl (C=O) groups is 1. The van der Waals surface area contributed by atoms with Gasteiger partial charge in [0.1, 0.15) is 0 Å². The van der Waals surface area contributed by atoms with Crippen molar-refractivity contribution in [1.29, 1.82) is 0 Å². The molecule has 1 aromatic rings. The maximum Gasteiger partial charge on any atom is 0.238 e. The van der Waals surface area contributed by atoms with Crippen LogP contribution in [0, 0.1) is 0 Å².